The first-order chi connectivity index (χ1) is 11.5. The minimum Gasteiger partial charge on any atom is -0.490 e. The van der Waals surface area contributed by atoms with Gasteiger partial charge in [-0.3, -0.25) is 14.9 Å². The monoisotopic (exact) mass is 330 g/mol. The third kappa shape index (κ3) is 2.32. The molecule has 1 aromatic carbocycles. The van der Waals surface area contributed by atoms with Crippen LogP contribution in [0, 0.1) is 10.1 Å². The van der Waals surface area contributed by atoms with Crippen molar-refractivity contribution in [2.24, 2.45) is 0 Å². The van der Waals surface area contributed by atoms with Gasteiger partial charge in [0.15, 0.2) is 0 Å². The molecule has 1 saturated heterocycles. The van der Waals surface area contributed by atoms with Gasteiger partial charge in [-0.05, 0) is 38.3 Å². The average molecular weight is 330 g/mol. The van der Waals surface area contributed by atoms with Crippen LogP contribution in [0.4, 0.5) is 5.69 Å². The predicted molar refractivity (Wildman–Crippen MR) is 88.5 cm³/mol. The van der Waals surface area contributed by atoms with Gasteiger partial charge in [0.05, 0.1) is 16.4 Å². The van der Waals surface area contributed by atoms with E-state index in [-0.39, 0.29) is 22.5 Å². The SMILES string of the molecule is CN1CCC(Oc2cc([N+](=O)[O-])cc3c2CC(=O)C32CCC2)CC1. The van der Waals surface area contributed by atoms with Crippen molar-refractivity contribution in [1.29, 1.82) is 0 Å². The quantitative estimate of drug-likeness (QED) is 0.629. The van der Waals surface area contributed by atoms with Crippen molar-refractivity contribution in [2.75, 3.05) is 20.1 Å². The van der Waals surface area contributed by atoms with E-state index in [1.807, 2.05) is 0 Å². The van der Waals surface area contributed by atoms with Crippen molar-refractivity contribution in [3.05, 3.63) is 33.4 Å². The molecule has 0 atom stereocenters. The molecule has 3 aliphatic rings. The summed E-state index contributed by atoms with van der Waals surface area (Å²) in [6.45, 7) is 1.93. The van der Waals surface area contributed by atoms with Crippen molar-refractivity contribution >= 4 is 11.5 Å². The zero-order chi connectivity index (χ0) is 16.9. The molecular weight excluding hydrogens is 308 g/mol. The predicted octanol–water partition coefficient (Wildman–Crippen LogP) is 2.61. The van der Waals surface area contributed by atoms with E-state index in [0.29, 0.717) is 12.2 Å². The molecule has 2 fully saturated rings. The molecule has 24 heavy (non-hydrogen) atoms. The Morgan fingerprint density at radius 3 is 2.58 bits per heavy atom. The van der Waals surface area contributed by atoms with Crippen LogP contribution in [0.3, 0.4) is 0 Å². The lowest BCUT2D eigenvalue weighted by Gasteiger charge is -2.37. The number of nitrogens with zero attached hydrogens (tertiary/aromatic N) is 2. The number of Topliss-reactive ketones (excluding diaryl/α,β-unsaturated/α-hetero) is 1. The summed E-state index contributed by atoms with van der Waals surface area (Å²) in [6, 6.07) is 3.13. The standard InChI is InChI=1S/C18H22N2O4/c1-19-7-3-13(4-8-19)24-16-10-12(20(22)23)9-15-14(16)11-17(21)18(15)5-2-6-18/h9-10,13H,2-8,11H2,1H3. The number of rotatable bonds is 3. The van der Waals surface area contributed by atoms with Gasteiger partial charge in [0.1, 0.15) is 17.6 Å². The van der Waals surface area contributed by atoms with E-state index in [1.165, 1.54) is 6.07 Å². The van der Waals surface area contributed by atoms with Gasteiger partial charge in [0, 0.05) is 31.1 Å². The van der Waals surface area contributed by atoms with E-state index in [4.69, 9.17) is 4.74 Å². The molecule has 6 nitrogen and oxygen atoms in total. The summed E-state index contributed by atoms with van der Waals surface area (Å²) < 4.78 is 6.16. The van der Waals surface area contributed by atoms with E-state index < -0.39 is 5.41 Å². The van der Waals surface area contributed by atoms with Crippen LogP contribution in [0.2, 0.25) is 0 Å². The van der Waals surface area contributed by atoms with Crippen LogP contribution in [0.1, 0.15) is 43.2 Å². The Balaban J connectivity index is 1.70. The van der Waals surface area contributed by atoms with E-state index in [1.54, 1.807) is 6.07 Å². The van der Waals surface area contributed by atoms with Crippen LogP contribution in [-0.2, 0) is 16.6 Å². The number of benzene rings is 1. The Kier molecular flexibility index (Phi) is 3.60. The Bertz CT molecular complexity index is 703. The van der Waals surface area contributed by atoms with Crippen LogP contribution < -0.4 is 4.74 Å². The van der Waals surface area contributed by atoms with E-state index in [2.05, 4.69) is 11.9 Å². The Labute approximate surface area is 140 Å². The van der Waals surface area contributed by atoms with Gasteiger partial charge in [-0.15, -0.1) is 0 Å². The second kappa shape index (κ2) is 5.55. The number of ketones is 1. The molecule has 0 aromatic heterocycles. The fraction of sp³-hybridized carbons (Fsp3) is 0.611. The van der Waals surface area contributed by atoms with Crippen LogP contribution in [-0.4, -0.2) is 41.8 Å². The van der Waals surface area contributed by atoms with Crippen molar-refractivity contribution in [3.63, 3.8) is 0 Å². The molecule has 128 valence electrons. The van der Waals surface area contributed by atoms with Crippen LogP contribution in [0.5, 0.6) is 5.75 Å². The molecular formula is C18H22N2O4. The third-order valence-electron chi connectivity index (χ3n) is 5.96. The zero-order valence-electron chi connectivity index (χ0n) is 13.9. The van der Waals surface area contributed by atoms with Crippen molar-refractivity contribution in [2.45, 2.75) is 50.0 Å². The first-order valence-electron chi connectivity index (χ1n) is 8.70. The minimum absolute atomic E-state index is 0.0395. The Morgan fingerprint density at radius 1 is 1.29 bits per heavy atom. The average Bonchev–Trinajstić information content (AvgIpc) is 2.81. The van der Waals surface area contributed by atoms with Gasteiger partial charge in [0.2, 0.25) is 0 Å². The molecule has 0 radical (unpaired) electrons. The second-order valence-corrected chi connectivity index (χ2v) is 7.38. The van der Waals surface area contributed by atoms with Gasteiger partial charge in [-0.2, -0.15) is 0 Å². The molecule has 0 unspecified atom stereocenters. The largest absolute Gasteiger partial charge is 0.490 e. The lowest BCUT2D eigenvalue weighted by atomic mass is 9.64. The second-order valence-electron chi connectivity index (χ2n) is 7.38. The van der Waals surface area contributed by atoms with Crippen LogP contribution >= 0.6 is 0 Å². The van der Waals surface area contributed by atoms with Crippen molar-refractivity contribution in [1.82, 2.24) is 4.90 Å². The summed E-state index contributed by atoms with van der Waals surface area (Å²) in [4.78, 5) is 25.8. The number of non-ortho nitro benzene ring substituents is 1. The maximum absolute atomic E-state index is 12.6. The molecule has 4 rings (SSSR count). The molecule has 0 N–H and O–H groups in total. The molecule has 1 spiro atoms. The number of ether oxygens (including phenoxy) is 1. The van der Waals surface area contributed by atoms with E-state index >= 15 is 0 Å². The summed E-state index contributed by atoms with van der Waals surface area (Å²) >= 11 is 0. The fourth-order valence-corrected chi connectivity index (χ4v) is 4.29. The maximum atomic E-state index is 12.6. The molecule has 2 aliphatic carbocycles. The van der Waals surface area contributed by atoms with Gasteiger partial charge in [-0.1, -0.05) is 6.42 Å². The summed E-state index contributed by atoms with van der Waals surface area (Å²) in [5.74, 6) is 0.767. The van der Waals surface area contributed by atoms with Crippen LogP contribution in [0.25, 0.3) is 0 Å². The number of fused-ring (bicyclic) bond motifs is 2. The Hall–Kier alpha value is -1.95. The van der Waals surface area contributed by atoms with Gasteiger partial charge < -0.3 is 9.64 Å². The van der Waals surface area contributed by atoms with Crippen molar-refractivity contribution in [3.8, 4) is 5.75 Å². The number of likely N-dealkylation sites (tertiary alicyclic amines) is 1. The summed E-state index contributed by atoms with van der Waals surface area (Å²) in [7, 11) is 2.08. The molecule has 6 heteroatoms. The minimum atomic E-state index is -0.466. The topological polar surface area (TPSA) is 72.7 Å². The molecule has 1 aromatic rings. The lowest BCUT2D eigenvalue weighted by Crippen LogP contribution is -2.39. The lowest BCUT2D eigenvalue weighted by molar-refractivity contribution is -0.385. The van der Waals surface area contributed by atoms with Crippen LogP contribution in [0.15, 0.2) is 12.1 Å². The number of nitro groups is 1. The smallest absolute Gasteiger partial charge is 0.273 e. The molecule has 0 bridgehead atoms. The first-order valence-corrected chi connectivity index (χ1v) is 8.70. The number of piperidine rings is 1. The number of hydrogen-bond acceptors (Lipinski definition) is 5. The van der Waals surface area contributed by atoms with Gasteiger partial charge >= 0.3 is 0 Å². The van der Waals surface area contributed by atoms with Gasteiger partial charge in [0.25, 0.3) is 5.69 Å². The zero-order valence-corrected chi connectivity index (χ0v) is 13.9. The third-order valence-corrected chi connectivity index (χ3v) is 5.96. The highest BCUT2D eigenvalue weighted by Crippen LogP contribution is 2.53. The number of hydrogen-bond donors (Lipinski definition) is 0. The molecule has 1 heterocycles. The summed E-state index contributed by atoms with van der Waals surface area (Å²) in [5.41, 5.74) is 1.32. The highest BCUT2D eigenvalue weighted by Gasteiger charge is 2.52. The summed E-state index contributed by atoms with van der Waals surface area (Å²) in [5, 5.41) is 11.3. The number of nitro benzene ring substituents is 1. The molecule has 0 amide bonds. The summed E-state index contributed by atoms with van der Waals surface area (Å²) in [6.07, 6.45) is 4.88. The molecule has 1 aliphatic heterocycles. The van der Waals surface area contributed by atoms with E-state index in [9.17, 15) is 14.9 Å². The van der Waals surface area contributed by atoms with E-state index in [0.717, 1.165) is 56.3 Å². The first kappa shape index (κ1) is 15.6. The normalized spacial score (nSPS) is 23.1. The van der Waals surface area contributed by atoms with Gasteiger partial charge in [-0.25, -0.2) is 0 Å². The highest BCUT2D eigenvalue weighted by molar-refractivity contribution is 5.98. The fourth-order valence-electron chi connectivity index (χ4n) is 4.29. The molecule has 1 saturated carbocycles. The van der Waals surface area contributed by atoms with Crippen molar-refractivity contribution < 1.29 is 14.5 Å². The highest BCUT2D eigenvalue weighted by atomic mass is 16.6. The Morgan fingerprint density at radius 2 is 2.00 bits per heavy atom. The maximum Gasteiger partial charge on any atom is 0.273 e. The number of carbonyl (C=O) groups excluding carboxylic acids is 1. The number of carbonyl (C=O) groups is 1.